The second-order valence-electron chi connectivity index (χ2n) is 3.74. The van der Waals surface area contributed by atoms with Crippen molar-refractivity contribution in [2.75, 3.05) is 6.79 Å². The van der Waals surface area contributed by atoms with Gasteiger partial charge in [-0.15, -0.1) is 23.2 Å². The molecule has 4 heteroatoms. The van der Waals surface area contributed by atoms with E-state index in [2.05, 4.69) is 6.92 Å². The fourth-order valence-corrected chi connectivity index (χ4v) is 2.55. The summed E-state index contributed by atoms with van der Waals surface area (Å²) in [4.78, 5) is 0. The normalized spacial score (nSPS) is 13.2. The van der Waals surface area contributed by atoms with E-state index in [1.54, 1.807) is 0 Å². The van der Waals surface area contributed by atoms with E-state index in [0.29, 0.717) is 11.8 Å². The van der Waals surface area contributed by atoms with Gasteiger partial charge in [-0.25, -0.2) is 0 Å². The Hall–Kier alpha value is -0.600. The summed E-state index contributed by atoms with van der Waals surface area (Å²) in [5.74, 6) is 2.49. The van der Waals surface area contributed by atoms with Crippen LogP contribution in [0.4, 0.5) is 0 Å². The van der Waals surface area contributed by atoms with Crippen molar-refractivity contribution in [1.82, 2.24) is 0 Å². The van der Waals surface area contributed by atoms with Gasteiger partial charge in [-0.3, -0.25) is 0 Å². The highest BCUT2D eigenvalue weighted by molar-refractivity contribution is 6.18. The predicted octanol–water partition coefficient (Wildman–Crippen LogP) is 3.85. The van der Waals surface area contributed by atoms with Gasteiger partial charge in [-0.2, -0.15) is 0 Å². The van der Waals surface area contributed by atoms with Crippen molar-refractivity contribution in [3.8, 4) is 11.5 Å². The molecule has 0 bridgehead atoms. The van der Waals surface area contributed by atoms with Crippen LogP contribution in [0.5, 0.6) is 11.5 Å². The van der Waals surface area contributed by atoms with Crippen molar-refractivity contribution in [3.05, 3.63) is 22.8 Å². The first-order valence-electron chi connectivity index (χ1n) is 5.37. The van der Waals surface area contributed by atoms with Gasteiger partial charge >= 0.3 is 0 Å². The molecule has 1 aromatic carbocycles. The van der Waals surface area contributed by atoms with Crippen LogP contribution in [-0.4, -0.2) is 6.79 Å². The molecule has 0 atom stereocenters. The highest BCUT2D eigenvalue weighted by atomic mass is 35.5. The lowest BCUT2D eigenvalue weighted by Gasteiger charge is -2.13. The number of hydrogen-bond donors (Lipinski definition) is 0. The Labute approximate surface area is 105 Å². The third kappa shape index (κ3) is 1.96. The lowest BCUT2D eigenvalue weighted by Crippen LogP contribution is -1.99. The van der Waals surface area contributed by atoms with Gasteiger partial charge in [0.05, 0.1) is 5.88 Å². The molecular formula is C12H14Cl2O2. The molecule has 0 saturated heterocycles. The Balaban J connectivity index is 2.55. The maximum atomic E-state index is 6.00. The number of benzene rings is 1. The Morgan fingerprint density at radius 2 is 2.00 bits per heavy atom. The molecule has 2 nitrogen and oxygen atoms in total. The van der Waals surface area contributed by atoms with E-state index >= 15 is 0 Å². The lowest BCUT2D eigenvalue weighted by atomic mass is 9.97. The minimum Gasteiger partial charge on any atom is -0.454 e. The maximum absolute atomic E-state index is 6.00. The van der Waals surface area contributed by atoms with Crippen molar-refractivity contribution < 1.29 is 9.47 Å². The monoisotopic (exact) mass is 260 g/mol. The van der Waals surface area contributed by atoms with Crippen LogP contribution < -0.4 is 9.47 Å². The Morgan fingerprint density at radius 3 is 2.62 bits per heavy atom. The van der Waals surface area contributed by atoms with E-state index in [1.807, 2.05) is 6.07 Å². The zero-order valence-electron chi connectivity index (χ0n) is 9.19. The van der Waals surface area contributed by atoms with E-state index in [1.165, 1.54) is 5.56 Å². The van der Waals surface area contributed by atoms with Crippen LogP contribution in [0, 0.1) is 0 Å². The van der Waals surface area contributed by atoms with Gasteiger partial charge < -0.3 is 9.47 Å². The van der Waals surface area contributed by atoms with E-state index in [-0.39, 0.29) is 6.79 Å². The minimum atomic E-state index is 0.274. The second kappa shape index (κ2) is 5.15. The highest BCUT2D eigenvalue weighted by Crippen LogP contribution is 2.41. The van der Waals surface area contributed by atoms with Crippen LogP contribution in [0.3, 0.4) is 0 Å². The summed E-state index contributed by atoms with van der Waals surface area (Å²) in [7, 11) is 0. The first kappa shape index (κ1) is 11.9. The van der Waals surface area contributed by atoms with Crippen molar-refractivity contribution in [1.29, 1.82) is 0 Å². The number of rotatable bonds is 4. The van der Waals surface area contributed by atoms with E-state index in [4.69, 9.17) is 32.7 Å². The topological polar surface area (TPSA) is 18.5 Å². The minimum absolute atomic E-state index is 0.274. The quantitative estimate of drug-likeness (QED) is 0.766. The fourth-order valence-electron chi connectivity index (χ4n) is 2.03. The van der Waals surface area contributed by atoms with Crippen molar-refractivity contribution in [2.24, 2.45) is 0 Å². The summed E-state index contributed by atoms with van der Waals surface area (Å²) in [6.07, 6.45) is 2.04. The van der Waals surface area contributed by atoms with Crippen LogP contribution in [0.25, 0.3) is 0 Å². The summed E-state index contributed by atoms with van der Waals surface area (Å²) in [5.41, 5.74) is 3.36. The van der Waals surface area contributed by atoms with Gasteiger partial charge in [0.25, 0.3) is 0 Å². The zero-order chi connectivity index (χ0) is 11.5. The molecule has 0 unspecified atom stereocenters. The maximum Gasteiger partial charge on any atom is 0.231 e. The van der Waals surface area contributed by atoms with Gasteiger partial charge in [0.2, 0.25) is 6.79 Å². The van der Waals surface area contributed by atoms with Crippen LogP contribution in [-0.2, 0) is 18.2 Å². The molecule has 0 spiro atoms. The lowest BCUT2D eigenvalue weighted by molar-refractivity contribution is 0.173. The number of ether oxygens (including phenoxy) is 2. The average molecular weight is 261 g/mol. The van der Waals surface area contributed by atoms with Gasteiger partial charge in [0, 0.05) is 11.4 Å². The van der Waals surface area contributed by atoms with Crippen LogP contribution in [0.15, 0.2) is 6.07 Å². The standard InChI is InChI=1S/C12H14Cl2O2/c1-2-3-9-8(5-13)4-11-12(10(9)6-14)16-7-15-11/h4H,2-3,5-7H2,1H3. The summed E-state index contributed by atoms with van der Waals surface area (Å²) >= 11 is 12.0. The summed E-state index contributed by atoms with van der Waals surface area (Å²) in [5, 5.41) is 0. The predicted molar refractivity (Wildman–Crippen MR) is 65.7 cm³/mol. The molecule has 1 heterocycles. The molecule has 0 aliphatic carbocycles. The second-order valence-corrected chi connectivity index (χ2v) is 4.28. The molecule has 0 amide bonds. The Morgan fingerprint density at radius 1 is 1.19 bits per heavy atom. The SMILES string of the molecule is CCCc1c(CCl)cc2c(c1CCl)OCO2. The summed E-state index contributed by atoms with van der Waals surface area (Å²) in [6.45, 7) is 2.41. The van der Waals surface area contributed by atoms with Crippen LogP contribution in [0.2, 0.25) is 0 Å². The van der Waals surface area contributed by atoms with E-state index < -0.39 is 0 Å². The third-order valence-corrected chi connectivity index (χ3v) is 3.31. The smallest absolute Gasteiger partial charge is 0.231 e. The molecule has 0 aromatic heterocycles. The number of hydrogen-bond acceptors (Lipinski definition) is 2. The molecule has 16 heavy (non-hydrogen) atoms. The molecule has 1 aliphatic rings. The molecule has 1 aliphatic heterocycles. The largest absolute Gasteiger partial charge is 0.454 e. The molecule has 0 radical (unpaired) electrons. The summed E-state index contributed by atoms with van der Waals surface area (Å²) in [6, 6.07) is 1.97. The van der Waals surface area contributed by atoms with Crippen LogP contribution in [0.1, 0.15) is 30.0 Å². The third-order valence-electron chi connectivity index (χ3n) is 2.75. The average Bonchev–Trinajstić information content (AvgIpc) is 2.76. The molecule has 88 valence electrons. The van der Waals surface area contributed by atoms with Gasteiger partial charge in [0.1, 0.15) is 0 Å². The van der Waals surface area contributed by atoms with Gasteiger partial charge in [-0.05, 0) is 23.6 Å². The number of fused-ring (bicyclic) bond motifs is 1. The fraction of sp³-hybridized carbons (Fsp3) is 0.500. The molecule has 0 saturated carbocycles. The van der Waals surface area contributed by atoms with E-state index in [9.17, 15) is 0 Å². The van der Waals surface area contributed by atoms with E-state index in [0.717, 1.165) is 35.5 Å². The first-order valence-corrected chi connectivity index (χ1v) is 6.43. The van der Waals surface area contributed by atoms with Crippen molar-refractivity contribution in [2.45, 2.75) is 31.5 Å². The Bertz CT molecular complexity index is 391. The highest BCUT2D eigenvalue weighted by Gasteiger charge is 2.22. The molecule has 0 fully saturated rings. The number of alkyl halides is 2. The number of halogens is 2. The van der Waals surface area contributed by atoms with Gasteiger partial charge in [-0.1, -0.05) is 13.3 Å². The van der Waals surface area contributed by atoms with Crippen molar-refractivity contribution in [3.63, 3.8) is 0 Å². The Kier molecular flexibility index (Phi) is 3.82. The summed E-state index contributed by atoms with van der Waals surface area (Å²) < 4.78 is 10.8. The molecular weight excluding hydrogens is 247 g/mol. The van der Waals surface area contributed by atoms with Gasteiger partial charge in [0.15, 0.2) is 11.5 Å². The van der Waals surface area contributed by atoms with Crippen LogP contribution >= 0.6 is 23.2 Å². The zero-order valence-corrected chi connectivity index (χ0v) is 10.7. The first-order chi connectivity index (χ1) is 7.81. The molecule has 2 rings (SSSR count). The van der Waals surface area contributed by atoms with Crippen molar-refractivity contribution >= 4 is 23.2 Å². The molecule has 0 N–H and O–H groups in total. The molecule has 1 aromatic rings.